The topological polar surface area (TPSA) is 38.9 Å². The molecule has 82 valence electrons. The molecule has 1 aliphatic rings. The van der Waals surface area contributed by atoms with Crippen molar-refractivity contribution in [2.24, 2.45) is 5.73 Å². The summed E-state index contributed by atoms with van der Waals surface area (Å²) in [5.41, 5.74) is 5.34. The number of alkyl halides is 2. The van der Waals surface area contributed by atoms with Gasteiger partial charge in [-0.3, -0.25) is 0 Å². The maximum atomic E-state index is 13.3. The van der Waals surface area contributed by atoms with E-state index in [1.807, 2.05) is 0 Å². The lowest BCUT2D eigenvalue weighted by atomic mass is 9.96. The third-order valence-electron chi connectivity index (χ3n) is 2.92. The Morgan fingerprint density at radius 2 is 2.13 bits per heavy atom. The second-order valence-electron chi connectivity index (χ2n) is 3.99. The molecule has 0 amide bonds. The molecule has 15 heavy (non-hydrogen) atoms. The fourth-order valence-electron chi connectivity index (χ4n) is 1.89. The van der Waals surface area contributed by atoms with Gasteiger partial charge in [0, 0.05) is 18.7 Å². The third-order valence-corrected chi connectivity index (χ3v) is 3.12. The van der Waals surface area contributed by atoms with Crippen LogP contribution in [0.25, 0.3) is 0 Å². The van der Waals surface area contributed by atoms with Crippen molar-refractivity contribution in [3.63, 3.8) is 0 Å². The minimum Gasteiger partial charge on any atom is -0.329 e. The highest BCUT2D eigenvalue weighted by molar-refractivity contribution is 6.29. The zero-order chi connectivity index (χ0) is 11.3. The first-order chi connectivity index (χ1) is 6.91. The van der Waals surface area contributed by atoms with Crippen LogP contribution in [0.2, 0.25) is 5.15 Å². The van der Waals surface area contributed by atoms with Gasteiger partial charge in [0.15, 0.2) is 0 Å². The Bertz CT molecular complexity index is 388. The number of nitrogens with two attached hydrogens (primary N) is 1. The monoisotopic (exact) mass is 232 g/mol. The Morgan fingerprint density at radius 1 is 1.53 bits per heavy atom. The molecule has 1 saturated carbocycles. The third kappa shape index (κ3) is 1.52. The van der Waals surface area contributed by atoms with Crippen molar-refractivity contribution < 1.29 is 8.78 Å². The number of aromatic nitrogens is 1. The molecule has 1 heterocycles. The first kappa shape index (κ1) is 10.8. The largest absolute Gasteiger partial charge is 0.329 e. The van der Waals surface area contributed by atoms with Crippen LogP contribution in [0.15, 0.2) is 12.1 Å². The van der Waals surface area contributed by atoms with Gasteiger partial charge in [0.25, 0.3) is 5.92 Å². The lowest BCUT2D eigenvalue weighted by Crippen LogP contribution is -2.27. The molecule has 1 aromatic rings. The van der Waals surface area contributed by atoms with Crippen LogP contribution >= 0.6 is 11.6 Å². The number of nitrogens with zero attached hydrogens (tertiary/aromatic N) is 1. The number of halogens is 3. The van der Waals surface area contributed by atoms with Crippen molar-refractivity contribution in [3.8, 4) is 0 Å². The second kappa shape index (κ2) is 3.12. The summed E-state index contributed by atoms with van der Waals surface area (Å²) < 4.78 is 26.5. The lowest BCUT2D eigenvalue weighted by molar-refractivity contribution is 0.0896. The van der Waals surface area contributed by atoms with Crippen LogP contribution in [0.5, 0.6) is 0 Å². The predicted octanol–water partition coefficient (Wildman–Crippen LogP) is 2.28. The number of pyridine rings is 1. The molecular formula is C10H11ClF2N2. The molecule has 2 rings (SSSR count). The molecule has 0 saturated heterocycles. The summed E-state index contributed by atoms with van der Waals surface area (Å²) in [4.78, 5) is 3.94. The molecular weight excluding hydrogens is 222 g/mol. The molecule has 0 radical (unpaired) electrons. The van der Waals surface area contributed by atoms with Crippen LogP contribution in [0, 0.1) is 6.92 Å². The zero-order valence-corrected chi connectivity index (χ0v) is 8.98. The fraction of sp³-hybridized carbons (Fsp3) is 0.500. The van der Waals surface area contributed by atoms with Gasteiger partial charge in [-0.25, -0.2) is 13.8 Å². The van der Waals surface area contributed by atoms with E-state index in [9.17, 15) is 8.78 Å². The molecule has 1 fully saturated rings. The van der Waals surface area contributed by atoms with Crippen LogP contribution in [0.3, 0.4) is 0 Å². The van der Waals surface area contributed by atoms with Gasteiger partial charge in [0.05, 0.1) is 5.41 Å². The van der Waals surface area contributed by atoms with E-state index >= 15 is 0 Å². The normalized spacial score (nSPS) is 27.8. The number of rotatable bonds is 2. The summed E-state index contributed by atoms with van der Waals surface area (Å²) in [6.45, 7) is 1.65. The molecule has 1 unspecified atom stereocenters. The Morgan fingerprint density at radius 3 is 2.53 bits per heavy atom. The van der Waals surface area contributed by atoms with Gasteiger partial charge in [-0.05, 0) is 24.6 Å². The van der Waals surface area contributed by atoms with Crippen LogP contribution in [0.4, 0.5) is 8.78 Å². The van der Waals surface area contributed by atoms with Crippen LogP contribution in [-0.2, 0) is 5.41 Å². The SMILES string of the molecule is Cc1cc(C2(CN)CC2(F)F)cc(Cl)n1. The van der Waals surface area contributed by atoms with Crippen LogP contribution in [-0.4, -0.2) is 17.5 Å². The molecule has 0 bridgehead atoms. The molecule has 0 spiro atoms. The maximum Gasteiger partial charge on any atom is 0.260 e. The second-order valence-corrected chi connectivity index (χ2v) is 4.37. The Kier molecular flexibility index (Phi) is 2.24. The van der Waals surface area contributed by atoms with Gasteiger partial charge in [0.1, 0.15) is 5.15 Å². The summed E-state index contributed by atoms with van der Waals surface area (Å²) >= 11 is 5.74. The Balaban J connectivity index is 2.46. The van der Waals surface area contributed by atoms with E-state index in [1.165, 1.54) is 6.07 Å². The van der Waals surface area contributed by atoms with Gasteiger partial charge in [-0.1, -0.05) is 11.6 Å². The Labute approximate surface area is 91.4 Å². The lowest BCUT2D eigenvalue weighted by Gasteiger charge is -2.14. The summed E-state index contributed by atoms with van der Waals surface area (Å²) in [5, 5.41) is 0.237. The number of aryl methyl sites for hydroxylation is 1. The highest BCUT2D eigenvalue weighted by Crippen LogP contribution is 2.61. The number of hydrogen-bond donors (Lipinski definition) is 1. The molecule has 2 N–H and O–H groups in total. The predicted molar refractivity (Wildman–Crippen MR) is 54.3 cm³/mol. The molecule has 0 aromatic carbocycles. The van der Waals surface area contributed by atoms with Crippen molar-refractivity contribution in [2.45, 2.75) is 24.7 Å². The van der Waals surface area contributed by atoms with Crippen molar-refractivity contribution in [1.29, 1.82) is 0 Å². The first-order valence-electron chi connectivity index (χ1n) is 4.64. The van der Waals surface area contributed by atoms with E-state index in [0.29, 0.717) is 11.3 Å². The maximum absolute atomic E-state index is 13.3. The first-order valence-corrected chi connectivity index (χ1v) is 5.02. The summed E-state index contributed by atoms with van der Waals surface area (Å²) in [6, 6.07) is 3.10. The van der Waals surface area contributed by atoms with E-state index in [2.05, 4.69) is 4.98 Å². The smallest absolute Gasteiger partial charge is 0.260 e. The van der Waals surface area contributed by atoms with Crippen molar-refractivity contribution in [3.05, 3.63) is 28.5 Å². The van der Waals surface area contributed by atoms with Gasteiger partial charge in [-0.2, -0.15) is 0 Å². The quantitative estimate of drug-likeness (QED) is 0.795. The van der Waals surface area contributed by atoms with Gasteiger partial charge >= 0.3 is 0 Å². The molecule has 5 heteroatoms. The fourth-order valence-corrected chi connectivity index (χ4v) is 2.14. The summed E-state index contributed by atoms with van der Waals surface area (Å²) in [7, 11) is 0. The van der Waals surface area contributed by atoms with Crippen molar-refractivity contribution in [2.75, 3.05) is 6.54 Å². The Hall–Kier alpha value is -0.740. The van der Waals surface area contributed by atoms with Gasteiger partial charge < -0.3 is 5.73 Å². The van der Waals surface area contributed by atoms with E-state index in [-0.39, 0.29) is 18.1 Å². The highest BCUT2D eigenvalue weighted by atomic mass is 35.5. The van der Waals surface area contributed by atoms with E-state index in [1.54, 1.807) is 13.0 Å². The minimum absolute atomic E-state index is 0.0697. The highest BCUT2D eigenvalue weighted by Gasteiger charge is 2.71. The van der Waals surface area contributed by atoms with Crippen LogP contribution < -0.4 is 5.73 Å². The number of hydrogen-bond acceptors (Lipinski definition) is 2. The van der Waals surface area contributed by atoms with Crippen molar-refractivity contribution >= 4 is 11.6 Å². The average Bonchev–Trinajstić information content (AvgIpc) is 2.68. The van der Waals surface area contributed by atoms with E-state index in [4.69, 9.17) is 17.3 Å². The minimum atomic E-state index is -2.71. The molecule has 1 atom stereocenters. The van der Waals surface area contributed by atoms with Crippen molar-refractivity contribution in [1.82, 2.24) is 4.98 Å². The van der Waals surface area contributed by atoms with E-state index in [0.717, 1.165) is 0 Å². The van der Waals surface area contributed by atoms with E-state index < -0.39 is 11.3 Å². The molecule has 1 aromatic heterocycles. The molecule has 2 nitrogen and oxygen atoms in total. The van der Waals surface area contributed by atoms with Crippen LogP contribution in [0.1, 0.15) is 17.7 Å². The summed E-state index contributed by atoms with van der Waals surface area (Å²) in [6.07, 6.45) is -0.198. The molecule has 1 aliphatic carbocycles. The average molecular weight is 233 g/mol. The zero-order valence-electron chi connectivity index (χ0n) is 8.23. The molecule has 0 aliphatic heterocycles. The van der Waals surface area contributed by atoms with Gasteiger partial charge in [-0.15, -0.1) is 0 Å². The summed E-state index contributed by atoms with van der Waals surface area (Å²) in [5.74, 6) is -2.71. The standard InChI is InChI=1S/C10H11ClF2N2/c1-6-2-7(3-8(11)15-6)9(5-14)4-10(9,12)13/h2-3H,4-5,14H2,1H3. The van der Waals surface area contributed by atoms with Gasteiger partial charge in [0.2, 0.25) is 0 Å².